The van der Waals surface area contributed by atoms with Gasteiger partial charge in [0, 0.05) is 67.3 Å². The smallest absolute Gasteiger partial charge is 0.227 e. The molecule has 3 aromatic rings. The SMILES string of the molecule is CN1C[C@H](C(=O)N2CCN(c3ccc(F)c(F)c3)CC2)C[C@@H]2c3cccc4[nH]c(Cl)c(c34)C[C@H]21. The largest absolute Gasteiger partial charge is 0.368 e. The molecule has 0 unspecified atom stereocenters. The maximum Gasteiger partial charge on any atom is 0.227 e. The number of fused-ring (bicyclic) bond motifs is 2. The Labute approximate surface area is 202 Å². The van der Waals surface area contributed by atoms with Gasteiger partial charge in [-0.15, -0.1) is 0 Å². The van der Waals surface area contributed by atoms with Crippen molar-refractivity contribution in [2.45, 2.75) is 24.8 Å². The highest BCUT2D eigenvalue weighted by Crippen LogP contribution is 2.46. The summed E-state index contributed by atoms with van der Waals surface area (Å²) >= 11 is 6.53. The van der Waals surface area contributed by atoms with Crippen molar-refractivity contribution in [3.05, 3.63) is 64.3 Å². The van der Waals surface area contributed by atoms with Crippen molar-refractivity contribution in [1.82, 2.24) is 14.8 Å². The second-order valence-corrected chi connectivity index (χ2v) is 10.2. The predicted octanol–water partition coefficient (Wildman–Crippen LogP) is 4.41. The van der Waals surface area contributed by atoms with Gasteiger partial charge in [0.1, 0.15) is 5.15 Å². The molecule has 6 rings (SSSR count). The van der Waals surface area contributed by atoms with Crippen LogP contribution in [0.3, 0.4) is 0 Å². The lowest BCUT2D eigenvalue weighted by Gasteiger charge is -2.46. The van der Waals surface area contributed by atoms with Gasteiger partial charge in [0.2, 0.25) is 5.91 Å². The number of nitrogens with zero attached hydrogens (tertiary/aromatic N) is 3. The summed E-state index contributed by atoms with van der Waals surface area (Å²) < 4.78 is 26.9. The van der Waals surface area contributed by atoms with Crippen molar-refractivity contribution in [2.75, 3.05) is 44.7 Å². The molecule has 3 atom stereocenters. The van der Waals surface area contributed by atoms with Gasteiger partial charge in [0.25, 0.3) is 0 Å². The zero-order valence-electron chi connectivity index (χ0n) is 19.0. The van der Waals surface area contributed by atoms with E-state index in [1.807, 2.05) is 9.80 Å². The summed E-state index contributed by atoms with van der Waals surface area (Å²) in [5.74, 6) is -1.26. The molecular formula is C26H27ClF2N4O. The Morgan fingerprint density at radius 2 is 1.88 bits per heavy atom. The van der Waals surface area contributed by atoms with Gasteiger partial charge in [-0.3, -0.25) is 4.79 Å². The Kier molecular flexibility index (Phi) is 5.30. The number of anilines is 1. The molecular weight excluding hydrogens is 458 g/mol. The standard InChI is InChI=1S/C26H27ClF2N4O/c1-31-14-15(11-18-17-3-2-4-22-24(17)19(13-23(18)31)25(27)30-22)26(34)33-9-7-32(8-10-33)16-5-6-20(28)21(29)12-16/h2-6,12,15,18,23,30H,7-11,13-14H2,1H3/t15-,18-,23-/m1/s1. The van der Waals surface area contributed by atoms with Crippen molar-refractivity contribution < 1.29 is 13.6 Å². The Morgan fingerprint density at radius 1 is 1.09 bits per heavy atom. The first-order valence-corrected chi connectivity index (χ1v) is 12.3. The van der Waals surface area contributed by atoms with Gasteiger partial charge in [-0.1, -0.05) is 23.7 Å². The van der Waals surface area contributed by atoms with E-state index in [1.165, 1.54) is 22.6 Å². The van der Waals surface area contributed by atoms with Crippen LogP contribution in [0, 0.1) is 17.6 Å². The molecule has 5 nitrogen and oxygen atoms in total. The maximum atomic E-state index is 13.6. The third kappa shape index (κ3) is 3.48. The van der Waals surface area contributed by atoms with Gasteiger partial charge in [-0.25, -0.2) is 8.78 Å². The quantitative estimate of drug-likeness (QED) is 0.586. The number of benzene rings is 2. The lowest BCUT2D eigenvalue weighted by molar-refractivity contribution is -0.138. The summed E-state index contributed by atoms with van der Waals surface area (Å²) in [6.07, 6.45) is 1.73. The van der Waals surface area contributed by atoms with Crippen molar-refractivity contribution in [1.29, 1.82) is 0 Å². The van der Waals surface area contributed by atoms with Crippen LogP contribution >= 0.6 is 11.6 Å². The number of piperazine rings is 1. The van der Waals surface area contributed by atoms with E-state index in [4.69, 9.17) is 11.6 Å². The fourth-order valence-electron chi connectivity index (χ4n) is 6.29. The average molecular weight is 485 g/mol. The summed E-state index contributed by atoms with van der Waals surface area (Å²) in [6.45, 7) is 3.11. The monoisotopic (exact) mass is 484 g/mol. The number of likely N-dealkylation sites (N-methyl/N-ethyl adjacent to an activating group) is 1. The van der Waals surface area contributed by atoms with E-state index in [2.05, 4.69) is 35.1 Å². The van der Waals surface area contributed by atoms with Gasteiger partial charge in [0.15, 0.2) is 11.6 Å². The van der Waals surface area contributed by atoms with E-state index in [1.54, 1.807) is 6.07 Å². The molecule has 178 valence electrons. The summed E-state index contributed by atoms with van der Waals surface area (Å²) in [7, 11) is 2.11. The minimum atomic E-state index is -0.843. The molecule has 8 heteroatoms. The fraction of sp³-hybridized carbons (Fsp3) is 0.423. The minimum absolute atomic E-state index is 0.0627. The molecule has 2 aromatic carbocycles. The van der Waals surface area contributed by atoms with Crippen LogP contribution in [0.2, 0.25) is 5.15 Å². The average Bonchev–Trinajstić information content (AvgIpc) is 3.17. The zero-order chi connectivity index (χ0) is 23.6. The van der Waals surface area contributed by atoms with Crippen LogP contribution in [0.5, 0.6) is 0 Å². The maximum absolute atomic E-state index is 13.6. The van der Waals surface area contributed by atoms with Crippen molar-refractivity contribution >= 4 is 34.1 Å². The second kappa shape index (κ2) is 8.24. The first-order chi connectivity index (χ1) is 16.4. The fourth-order valence-corrected chi connectivity index (χ4v) is 6.56. The molecule has 0 spiro atoms. The van der Waals surface area contributed by atoms with E-state index in [0.717, 1.165) is 36.1 Å². The molecule has 0 bridgehead atoms. The van der Waals surface area contributed by atoms with Crippen molar-refractivity contribution in [3.8, 4) is 0 Å². The number of aromatic amines is 1. The number of amides is 1. The summed E-state index contributed by atoms with van der Waals surface area (Å²) in [5.41, 5.74) is 4.21. The molecule has 3 aliphatic rings. The van der Waals surface area contributed by atoms with E-state index in [9.17, 15) is 13.6 Å². The van der Waals surface area contributed by atoms with Gasteiger partial charge >= 0.3 is 0 Å². The number of likely N-dealkylation sites (tertiary alicyclic amines) is 1. The van der Waals surface area contributed by atoms with Crippen LogP contribution < -0.4 is 4.90 Å². The molecule has 1 aromatic heterocycles. The lowest BCUT2D eigenvalue weighted by Crippen LogP contribution is -2.55. The number of halogens is 3. The molecule has 34 heavy (non-hydrogen) atoms. The van der Waals surface area contributed by atoms with Gasteiger partial charge < -0.3 is 19.7 Å². The Bertz CT molecular complexity index is 1270. The molecule has 1 amide bonds. The lowest BCUT2D eigenvalue weighted by atomic mass is 9.72. The van der Waals surface area contributed by atoms with E-state index < -0.39 is 11.6 Å². The van der Waals surface area contributed by atoms with Gasteiger partial charge in [-0.2, -0.15) is 0 Å². The number of carbonyl (C=O) groups excluding carboxylic acids is 1. The Balaban J connectivity index is 1.18. The van der Waals surface area contributed by atoms with Crippen LogP contribution in [0.4, 0.5) is 14.5 Å². The number of aromatic nitrogens is 1. The van der Waals surface area contributed by atoms with Gasteiger partial charge in [-0.05, 0) is 49.2 Å². The first-order valence-electron chi connectivity index (χ1n) is 11.9. The van der Waals surface area contributed by atoms with Crippen molar-refractivity contribution in [3.63, 3.8) is 0 Å². The number of nitrogens with one attached hydrogen (secondary N) is 1. The van der Waals surface area contributed by atoms with E-state index in [0.29, 0.717) is 43.8 Å². The minimum Gasteiger partial charge on any atom is -0.368 e. The first kappa shape index (κ1) is 21.9. The highest BCUT2D eigenvalue weighted by molar-refractivity contribution is 6.32. The third-order valence-corrected chi connectivity index (χ3v) is 8.33. The number of piperidine rings is 1. The molecule has 3 heterocycles. The predicted molar refractivity (Wildman–Crippen MR) is 129 cm³/mol. The molecule has 2 aliphatic heterocycles. The third-order valence-electron chi connectivity index (χ3n) is 8.01. The normalized spacial score (nSPS) is 25.0. The van der Waals surface area contributed by atoms with Crippen LogP contribution in [-0.4, -0.2) is 66.5 Å². The molecule has 1 aliphatic carbocycles. The molecule has 0 radical (unpaired) electrons. The Hall–Kier alpha value is -2.64. The number of hydrogen-bond acceptors (Lipinski definition) is 3. The van der Waals surface area contributed by atoms with Crippen LogP contribution in [0.1, 0.15) is 23.5 Å². The highest BCUT2D eigenvalue weighted by atomic mass is 35.5. The van der Waals surface area contributed by atoms with Crippen molar-refractivity contribution in [2.24, 2.45) is 5.92 Å². The highest BCUT2D eigenvalue weighted by Gasteiger charge is 2.43. The number of H-pyrrole nitrogens is 1. The second-order valence-electron chi connectivity index (χ2n) is 9.85. The molecule has 2 saturated heterocycles. The topological polar surface area (TPSA) is 42.6 Å². The number of carbonyl (C=O) groups is 1. The molecule has 1 N–H and O–H groups in total. The summed E-state index contributed by atoms with van der Waals surface area (Å²) in [5, 5.41) is 1.96. The van der Waals surface area contributed by atoms with E-state index >= 15 is 0 Å². The number of rotatable bonds is 2. The molecule has 2 fully saturated rings. The zero-order valence-corrected chi connectivity index (χ0v) is 19.8. The van der Waals surface area contributed by atoms with Crippen LogP contribution in [0.25, 0.3) is 10.9 Å². The van der Waals surface area contributed by atoms with Crippen LogP contribution in [0.15, 0.2) is 36.4 Å². The number of hydrogen-bond donors (Lipinski definition) is 1. The summed E-state index contributed by atoms with van der Waals surface area (Å²) in [6, 6.07) is 10.6. The van der Waals surface area contributed by atoms with Crippen LogP contribution in [-0.2, 0) is 11.2 Å². The summed E-state index contributed by atoms with van der Waals surface area (Å²) in [4.78, 5) is 23.1. The molecule has 0 saturated carbocycles. The van der Waals surface area contributed by atoms with E-state index in [-0.39, 0.29) is 11.8 Å². The Morgan fingerprint density at radius 3 is 2.65 bits per heavy atom. The van der Waals surface area contributed by atoms with Gasteiger partial charge in [0.05, 0.1) is 5.92 Å².